The van der Waals surface area contributed by atoms with Gasteiger partial charge >= 0.3 is 5.97 Å². The highest BCUT2D eigenvalue weighted by Gasteiger charge is 2.41. The third-order valence-electron chi connectivity index (χ3n) is 4.73. The molecule has 0 aliphatic heterocycles. The summed E-state index contributed by atoms with van der Waals surface area (Å²) in [4.78, 5) is 13.9. The normalized spacial score (nSPS) is 21.9. The monoisotopic (exact) mass is 255 g/mol. The maximum Gasteiger partial charge on any atom is 0.310 e. The highest BCUT2D eigenvalue weighted by Crippen LogP contribution is 2.38. The second-order valence-corrected chi connectivity index (χ2v) is 7.10. The van der Waals surface area contributed by atoms with Crippen molar-refractivity contribution < 1.29 is 9.90 Å². The molecule has 0 spiro atoms. The summed E-state index contributed by atoms with van der Waals surface area (Å²) in [6.07, 6.45) is 4.98. The molecule has 106 valence electrons. The quantitative estimate of drug-likeness (QED) is 0.837. The fourth-order valence-electron chi connectivity index (χ4n) is 2.94. The Kier molecular flexibility index (Phi) is 4.82. The zero-order valence-electron chi connectivity index (χ0n) is 12.6. The van der Waals surface area contributed by atoms with Crippen LogP contribution in [0.2, 0.25) is 0 Å². The summed E-state index contributed by atoms with van der Waals surface area (Å²) in [6, 6.07) is 0.385. The number of carboxylic acids is 1. The minimum Gasteiger partial charge on any atom is -0.481 e. The predicted molar refractivity (Wildman–Crippen MR) is 74.7 cm³/mol. The van der Waals surface area contributed by atoms with E-state index in [1.807, 2.05) is 0 Å². The summed E-state index contributed by atoms with van der Waals surface area (Å²) in [5.74, 6) is -0.602. The number of carbonyl (C=O) groups is 1. The van der Waals surface area contributed by atoms with Crippen molar-refractivity contribution in [2.24, 2.45) is 10.8 Å². The Balaban J connectivity index is 2.75. The molecule has 0 saturated heterocycles. The van der Waals surface area contributed by atoms with Crippen molar-refractivity contribution in [3.8, 4) is 0 Å². The standard InChI is InChI=1S/C15H29NO2/c1-12(14(2,3)4)16(5)11-15(13(17)18)9-7-6-8-10-15/h12H,6-11H2,1-5H3,(H,17,18). The van der Waals surface area contributed by atoms with E-state index in [2.05, 4.69) is 39.6 Å². The first-order chi connectivity index (χ1) is 8.19. The molecule has 0 aromatic rings. The van der Waals surface area contributed by atoms with Crippen LogP contribution in [-0.4, -0.2) is 35.6 Å². The maximum absolute atomic E-state index is 11.7. The Morgan fingerprint density at radius 1 is 1.28 bits per heavy atom. The lowest BCUT2D eigenvalue weighted by atomic mass is 9.73. The lowest BCUT2D eigenvalue weighted by Crippen LogP contribution is -2.49. The molecule has 3 heteroatoms. The molecule has 0 aromatic heterocycles. The van der Waals surface area contributed by atoms with E-state index >= 15 is 0 Å². The Labute approximate surface area is 112 Å². The molecule has 0 aromatic carbocycles. The van der Waals surface area contributed by atoms with Crippen molar-refractivity contribution in [2.45, 2.75) is 65.8 Å². The predicted octanol–water partition coefficient (Wildman–Crippen LogP) is 3.39. The van der Waals surface area contributed by atoms with E-state index in [1.54, 1.807) is 0 Å². The molecule has 1 unspecified atom stereocenters. The molecule has 0 radical (unpaired) electrons. The van der Waals surface area contributed by atoms with Gasteiger partial charge in [-0.05, 0) is 32.2 Å². The molecule has 1 saturated carbocycles. The minimum atomic E-state index is -0.602. The Morgan fingerprint density at radius 3 is 2.17 bits per heavy atom. The fraction of sp³-hybridized carbons (Fsp3) is 0.933. The van der Waals surface area contributed by atoms with Crippen LogP contribution < -0.4 is 0 Å². The zero-order chi connectivity index (χ0) is 14.0. The lowest BCUT2D eigenvalue weighted by Gasteiger charge is -2.42. The highest BCUT2D eigenvalue weighted by molar-refractivity contribution is 5.75. The van der Waals surface area contributed by atoms with Crippen LogP contribution in [0.3, 0.4) is 0 Å². The summed E-state index contributed by atoms with van der Waals surface area (Å²) in [7, 11) is 2.06. The first-order valence-corrected chi connectivity index (χ1v) is 7.13. The molecular weight excluding hydrogens is 226 g/mol. The topological polar surface area (TPSA) is 40.5 Å². The number of hydrogen-bond donors (Lipinski definition) is 1. The summed E-state index contributed by atoms with van der Waals surface area (Å²) in [5.41, 5.74) is -0.324. The first-order valence-electron chi connectivity index (χ1n) is 7.13. The average molecular weight is 255 g/mol. The molecule has 1 N–H and O–H groups in total. The van der Waals surface area contributed by atoms with E-state index in [4.69, 9.17) is 0 Å². The van der Waals surface area contributed by atoms with Gasteiger partial charge in [0.05, 0.1) is 5.41 Å². The second-order valence-electron chi connectivity index (χ2n) is 7.10. The van der Waals surface area contributed by atoms with E-state index in [0.29, 0.717) is 12.6 Å². The molecule has 18 heavy (non-hydrogen) atoms. The summed E-state index contributed by atoms with van der Waals surface area (Å²) in [6.45, 7) is 9.51. The van der Waals surface area contributed by atoms with Gasteiger partial charge in [-0.15, -0.1) is 0 Å². The van der Waals surface area contributed by atoms with Crippen molar-refractivity contribution in [2.75, 3.05) is 13.6 Å². The van der Waals surface area contributed by atoms with E-state index in [9.17, 15) is 9.90 Å². The molecular formula is C15H29NO2. The van der Waals surface area contributed by atoms with Crippen LogP contribution >= 0.6 is 0 Å². The van der Waals surface area contributed by atoms with Crippen LogP contribution in [0.25, 0.3) is 0 Å². The van der Waals surface area contributed by atoms with E-state index in [0.717, 1.165) is 25.7 Å². The van der Waals surface area contributed by atoms with Gasteiger partial charge < -0.3 is 10.0 Å². The van der Waals surface area contributed by atoms with Gasteiger partial charge in [0, 0.05) is 12.6 Å². The molecule has 1 rings (SSSR count). The van der Waals surface area contributed by atoms with Gasteiger partial charge in [-0.3, -0.25) is 4.79 Å². The molecule has 1 aliphatic rings. The largest absolute Gasteiger partial charge is 0.481 e. The third kappa shape index (κ3) is 3.47. The lowest BCUT2D eigenvalue weighted by molar-refractivity contribution is -0.153. The number of carboxylic acid groups (broad SMARTS) is 1. The van der Waals surface area contributed by atoms with Gasteiger partial charge in [0.25, 0.3) is 0 Å². The van der Waals surface area contributed by atoms with E-state index in [-0.39, 0.29) is 5.41 Å². The first kappa shape index (κ1) is 15.5. The molecule has 1 aliphatic carbocycles. The van der Waals surface area contributed by atoms with Crippen LogP contribution in [0.4, 0.5) is 0 Å². The summed E-state index contributed by atoms with van der Waals surface area (Å²) in [5, 5.41) is 9.60. The Morgan fingerprint density at radius 2 is 1.78 bits per heavy atom. The number of aliphatic carboxylic acids is 1. The zero-order valence-corrected chi connectivity index (χ0v) is 12.6. The van der Waals surface area contributed by atoms with Crippen LogP contribution in [-0.2, 0) is 4.79 Å². The molecule has 0 heterocycles. The van der Waals surface area contributed by atoms with Gasteiger partial charge in [0.15, 0.2) is 0 Å². The third-order valence-corrected chi connectivity index (χ3v) is 4.73. The van der Waals surface area contributed by atoms with Crippen LogP contribution in [0.5, 0.6) is 0 Å². The van der Waals surface area contributed by atoms with Gasteiger partial charge in [0.1, 0.15) is 0 Å². The van der Waals surface area contributed by atoms with Gasteiger partial charge in [-0.25, -0.2) is 0 Å². The van der Waals surface area contributed by atoms with Crippen LogP contribution in [0.1, 0.15) is 59.8 Å². The van der Waals surface area contributed by atoms with Crippen molar-refractivity contribution in [1.29, 1.82) is 0 Å². The smallest absolute Gasteiger partial charge is 0.310 e. The number of hydrogen-bond acceptors (Lipinski definition) is 2. The Hall–Kier alpha value is -0.570. The minimum absolute atomic E-state index is 0.184. The summed E-state index contributed by atoms with van der Waals surface area (Å²) < 4.78 is 0. The van der Waals surface area contributed by atoms with Crippen molar-refractivity contribution in [3.05, 3.63) is 0 Å². The van der Waals surface area contributed by atoms with Gasteiger partial charge in [-0.2, -0.15) is 0 Å². The molecule has 0 amide bonds. The van der Waals surface area contributed by atoms with Crippen molar-refractivity contribution >= 4 is 5.97 Å². The van der Waals surface area contributed by atoms with Crippen LogP contribution in [0, 0.1) is 10.8 Å². The number of nitrogens with zero attached hydrogens (tertiary/aromatic N) is 1. The van der Waals surface area contributed by atoms with E-state index < -0.39 is 11.4 Å². The summed E-state index contributed by atoms with van der Waals surface area (Å²) >= 11 is 0. The van der Waals surface area contributed by atoms with Crippen LogP contribution in [0.15, 0.2) is 0 Å². The molecule has 1 fully saturated rings. The fourth-order valence-corrected chi connectivity index (χ4v) is 2.94. The number of rotatable bonds is 4. The van der Waals surface area contributed by atoms with Crippen molar-refractivity contribution in [1.82, 2.24) is 4.90 Å². The van der Waals surface area contributed by atoms with Gasteiger partial charge in [0.2, 0.25) is 0 Å². The van der Waals surface area contributed by atoms with Crippen molar-refractivity contribution in [3.63, 3.8) is 0 Å². The second kappa shape index (κ2) is 5.60. The van der Waals surface area contributed by atoms with E-state index in [1.165, 1.54) is 6.42 Å². The highest BCUT2D eigenvalue weighted by atomic mass is 16.4. The SMILES string of the molecule is CC(N(C)CC1(C(=O)O)CCCCC1)C(C)(C)C. The molecule has 3 nitrogen and oxygen atoms in total. The maximum atomic E-state index is 11.7. The average Bonchev–Trinajstić information content (AvgIpc) is 2.27. The molecule has 1 atom stereocenters. The molecule has 0 bridgehead atoms. The van der Waals surface area contributed by atoms with Gasteiger partial charge in [-0.1, -0.05) is 40.0 Å². The Bertz CT molecular complexity index is 287.